The first-order chi connectivity index (χ1) is 6.11. The number of anilines is 1. The summed E-state index contributed by atoms with van der Waals surface area (Å²) in [6.45, 7) is 5.03. The van der Waals surface area contributed by atoms with Crippen LogP contribution in [0.5, 0.6) is 0 Å². The van der Waals surface area contributed by atoms with Crippen molar-refractivity contribution < 1.29 is 0 Å². The van der Waals surface area contributed by atoms with E-state index in [4.69, 9.17) is 5.73 Å². The van der Waals surface area contributed by atoms with Crippen LogP contribution >= 0.6 is 0 Å². The monoisotopic (exact) mass is 182 g/mol. The molecule has 0 aliphatic heterocycles. The highest BCUT2D eigenvalue weighted by Gasteiger charge is 2.07. The van der Waals surface area contributed by atoms with Crippen molar-refractivity contribution in [2.24, 2.45) is 18.7 Å². The Hall–Kier alpha value is -1.03. The molecule has 0 saturated carbocycles. The Morgan fingerprint density at radius 3 is 2.77 bits per heavy atom. The third-order valence-electron chi connectivity index (χ3n) is 2.20. The van der Waals surface area contributed by atoms with E-state index in [9.17, 15) is 0 Å². The quantitative estimate of drug-likeness (QED) is 0.724. The SMILES string of the molecule is CC(C)[C@H](N)CNc1ccnn1C. The third-order valence-corrected chi connectivity index (χ3v) is 2.20. The zero-order valence-electron chi connectivity index (χ0n) is 8.49. The van der Waals surface area contributed by atoms with Gasteiger partial charge in [0.15, 0.2) is 0 Å². The molecular formula is C9H18N4. The number of rotatable bonds is 4. The minimum atomic E-state index is 0.190. The molecule has 4 nitrogen and oxygen atoms in total. The number of hydrogen-bond donors (Lipinski definition) is 2. The molecule has 0 radical (unpaired) electrons. The molecule has 1 aromatic heterocycles. The summed E-state index contributed by atoms with van der Waals surface area (Å²) >= 11 is 0. The van der Waals surface area contributed by atoms with Gasteiger partial charge in [0.05, 0.1) is 6.20 Å². The molecule has 1 heterocycles. The highest BCUT2D eigenvalue weighted by Crippen LogP contribution is 2.04. The molecular weight excluding hydrogens is 164 g/mol. The second-order valence-corrected chi connectivity index (χ2v) is 3.63. The Morgan fingerprint density at radius 2 is 2.31 bits per heavy atom. The van der Waals surface area contributed by atoms with Crippen LogP contribution < -0.4 is 11.1 Å². The first-order valence-electron chi connectivity index (χ1n) is 4.58. The van der Waals surface area contributed by atoms with Crippen molar-refractivity contribution in [2.75, 3.05) is 11.9 Å². The highest BCUT2D eigenvalue weighted by atomic mass is 15.3. The van der Waals surface area contributed by atoms with Crippen molar-refractivity contribution in [3.8, 4) is 0 Å². The van der Waals surface area contributed by atoms with Crippen LogP contribution in [0.2, 0.25) is 0 Å². The zero-order chi connectivity index (χ0) is 9.84. The van der Waals surface area contributed by atoms with Gasteiger partial charge in [0.2, 0.25) is 0 Å². The van der Waals surface area contributed by atoms with Gasteiger partial charge in [-0.05, 0) is 5.92 Å². The van der Waals surface area contributed by atoms with Gasteiger partial charge in [-0.2, -0.15) is 5.10 Å². The zero-order valence-corrected chi connectivity index (χ0v) is 8.49. The van der Waals surface area contributed by atoms with E-state index in [1.165, 1.54) is 0 Å². The van der Waals surface area contributed by atoms with Gasteiger partial charge in [-0.3, -0.25) is 4.68 Å². The minimum Gasteiger partial charge on any atom is -0.369 e. The lowest BCUT2D eigenvalue weighted by atomic mass is 10.1. The molecule has 0 fully saturated rings. The molecule has 0 unspecified atom stereocenters. The van der Waals surface area contributed by atoms with Crippen molar-refractivity contribution >= 4 is 5.82 Å². The maximum atomic E-state index is 5.89. The highest BCUT2D eigenvalue weighted by molar-refractivity contribution is 5.33. The van der Waals surface area contributed by atoms with Crippen LogP contribution in [-0.2, 0) is 7.05 Å². The summed E-state index contributed by atoms with van der Waals surface area (Å²) in [4.78, 5) is 0. The van der Waals surface area contributed by atoms with E-state index < -0.39 is 0 Å². The fraction of sp³-hybridized carbons (Fsp3) is 0.667. The smallest absolute Gasteiger partial charge is 0.123 e. The van der Waals surface area contributed by atoms with Gasteiger partial charge in [-0.15, -0.1) is 0 Å². The van der Waals surface area contributed by atoms with Crippen molar-refractivity contribution in [2.45, 2.75) is 19.9 Å². The van der Waals surface area contributed by atoms with Crippen LogP contribution in [0.1, 0.15) is 13.8 Å². The van der Waals surface area contributed by atoms with Crippen molar-refractivity contribution in [3.05, 3.63) is 12.3 Å². The number of aryl methyl sites for hydroxylation is 1. The molecule has 1 aromatic rings. The second-order valence-electron chi connectivity index (χ2n) is 3.63. The van der Waals surface area contributed by atoms with E-state index in [2.05, 4.69) is 24.3 Å². The molecule has 0 aromatic carbocycles. The number of nitrogens with two attached hydrogens (primary N) is 1. The molecule has 1 atom stereocenters. The molecule has 4 heteroatoms. The second kappa shape index (κ2) is 4.28. The van der Waals surface area contributed by atoms with Crippen LogP contribution in [0.25, 0.3) is 0 Å². The Bertz CT molecular complexity index is 254. The number of nitrogens with one attached hydrogen (secondary N) is 1. The summed E-state index contributed by atoms with van der Waals surface area (Å²) in [6.07, 6.45) is 1.77. The first-order valence-corrected chi connectivity index (χ1v) is 4.58. The van der Waals surface area contributed by atoms with E-state index in [0.29, 0.717) is 5.92 Å². The van der Waals surface area contributed by atoms with Crippen molar-refractivity contribution in [1.82, 2.24) is 9.78 Å². The molecule has 0 saturated heterocycles. The Labute approximate surface area is 79.1 Å². The van der Waals surface area contributed by atoms with E-state index in [1.54, 1.807) is 10.9 Å². The van der Waals surface area contributed by atoms with Crippen LogP contribution in [-0.4, -0.2) is 22.4 Å². The number of aromatic nitrogens is 2. The molecule has 1 rings (SSSR count). The largest absolute Gasteiger partial charge is 0.369 e. The maximum absolute atomic E-state index is 5.89. The fourth-order valence-corrected chi connectivity index (χ4v) is 1.01. The Morgan fingerprint density at radius 1 is 1.62 bits per heavy atom. The predicted octanol–water partition coefficient (Wildman–Crippen LogP) is 0.815. The van der Waals surface area contributed by atoms with Gasteiger partial charge in [0.1, 0.15) is 5.82 Å². The van der Waals surface area contributed by atoms with E-state index in [0.717, 1.165) is 12.4 Å². The maximum Gasteiger partial charge on any atom is 0.123 e. The van der Waals surface area contributed by atoms with Crippen LogP contribution in [0, 0.1) is 5.92 Å². The lowest BCUT2D eigenvalue weighted by Gasteiger charge is -2.16. The number of hydrogen-bond acceptors (Lipinski definition) is 3. The van der Waals surface area contributed by atoms with E-state index in [1.807, 2.05) is 13.1 Å². The molecule has 0 amide bonds. The van der Waals surface area contributed by atoms with Gasteiger partial charge in [0.25, 0.3) is 0 Å². The third kappa shape index (κ3) is 2.73. The van der Waals surface area contributed by atoms with Crippen LogP contribution in [0.15, 0.2) is 12.3 Å². The molecule has 74 valence electrons. The normalized spacial score (nSPS) is 13.3. The Kier molecular flexibility index (Phi) is 3.31. The van der Waals surface area contributed by atoms with E-state index in [-0.39, 0.29) is 6.04 Å². The summed E-state index contributed by atoms with van der Waals surface area (Å²) < 4.78 is 1.80. The first kappa shape index (κ1) is 10.1. The van der Waals surface area contributed by atoms with Gasteiger partial charge < -0.3 is 11.1 Å². The summed E-state index contributed by atoms with van der Waals surface area (Å²) in [5.74, 6) is 1.51. The van der Waals surface area contributed by atoms with Gasteiger partial charge in [-0.25, -0.2) is 0 Å². The lowest BCUT2D eigenvalue weighted by Crippen LogP contribution is -2.34. The molecule has 0 bridgehead atoms. The molecule has 0 spiro atoms. The lowest BCUT2D eigenvalue weighted by molar-refractivity contribution is 0.510. The van der Waals surface area contributed by atoms with Crippen LogP contribution in [0.4, 0.5) is 5.82 Å². The summed E-state index contributed by atoms with van der Waals surface area (Å²) in [5, 5.41) is 7.30. The van der Waals surface area contributed by atoms with Gasteiger partial charge >= 0.3 is 0 Å². The summed E-state index contributed by atoms with van der Waals surface area (Å²) in [7, 11) is 1.91. The topological polar surface area (TPSA) is 55.9 Å². The predicted molar refractivity (Wildman–Crippen MR) is 54.5 cm³/mol. The number of nitrogens with zero attached hydrogens (tertiary/aromatic N) is 2. The molecule has 3 N–H and O–H groups in total. The average molecular weight is 182 g/mol. The van der Waals surface area contributed by atoms with Crippen molar-refractivity contribution in [1.29, 1.82) is 0 Å². The van der Waals surface area contributed by atoms with Gasteiger partial charge in [0, 0.05) is 25.7 Å². The summed E-state index contributed by atoms with van der Waals surface area (Å²) in [6, 6.07) is 2.13. The Balaban J connectivity index is 2.39. The average Bonchev–Trinajstić information content (AvgIpc) is 2.47. The standard InChI is InChI=1S/C9H18N4/c1-7(2)8(10)6-11-9-4-5-12-13(9)3/h4-5,7-8,11H,6,10H2,1-3H3/t8-/m1/s1. The molecule has 13 heavy (non-hydrogen) atoms. The van der Waals surface area contributed by atoms with Crippen LogP contribution in [0.3, 0.4) is 0 Å². The minimum absolute atomic E-state index is 0.190. The van der Waals surface area contributed by atoms with Gasteiger partial charge in [-0.1, -0.05) is 13.8 Å². The molecule has 0 aliphatic carbocycles. The van der Waals surface area contributed by atoms with Crippen molar-refractivity contribution in [3.63, 3.8) is 0 Å². The fourth-order valence-electron chi connectivity index (χ4n) is 1.01. The summed E-state index contributed by atoms with van der Waals surface area (Å²) in [5.41, 5.74) is 5.89. The van der Waals surface area contributed by atoms with E-state index >= 15 is 0 Å². The molecule has 0 aliphatic rings.